The normalized spacial score (nSPS) is 19.2. The molecule has 7 nitrogen and oxygen atoms in total. The van der Waals surface area contributed by atoms with Crippen LogP contribution in [0.4, 0.5) is 0 Å². The molecule has 1 aliphatic rings. The summed E-state index contributed by atoms with van der Waals surface area (Å²) >= 11 is 0. The van der Waals surface area contributed by atoms with Crippen LogP contribution in [0.1, 0.15) is 29.9 Å². The molecule has 1 saturated heterocycles. The summed E-state index contributed by atoms with van der Waals surface area (Å²) in [5.74, 6) is -0.107. The van der Waals surface area contributed by atoms with E-state index in [0.29, 0.717) is 42.0 Å². The third-order valence-corrected chi connectivity index (χ3v) is 5.69. The van der Waals surface area contributed by atoms with E-state index < -0.39 is 0 Å². The molecule has 0 radical (unpaired) electrons. The van der Waals surface area contributed by atoms with Gasteiger partial charge in [0.25, 0.3) is 11.5 Å². The maximum atomic E-state index is 13.6. The highest BCUT2D eigenvalue weighted by molar-refractivity contribution is 5.98. The zero-order valence-corrected chi connectivity index (χ0v) is 17.6. The summed E-state index contributed by atoms with van der Waals surface area (Å²) in [6.45, 7) is 5.43. The molecule has 3 aromatic heterocycles. The minimum absolute atomic E-state index is 0.0361. The van der Waals surface area contributed by atoms with E-state index in [1.165, 1.54) is 4.40 Å². The molecule has 158 valence electrons. The van der Waals surface area contributed by atoms with Gasteiger partial charge in [-0.1, -0.05) is 36.4 Å². The molecule has 0 N–H and O–H groups in total. The monoisotopic (exact) mass is 416 g/mol. The number of hydrogen-bond acceptors (Lipinski definition) is 4. The van der Waals surface area contributed by atoms with Crippen molar-refractivity contribution in [3.8, 4) is 0 Å². The number of rotatable bonds is 3. The molecule has 2 unspecified atom stereocenters. The molecule has 7 heteroatoms. The predicted octanol–water partition coefficient (Wildman–Crippen LogP) is 2.95. The number of carbonyl (C=O) groups is 1. The first-order valence-electron chi connectivity index (χ1n) is 10.5. The maximum absolute atomic E-state index is 13.6. The Bertz CT molecular complexity index is 1320. The molecule has 0 saturated carbocycles. The number of carbonyl (C=O) groups excluding carboxylic acids is 1. The SMILES string of the molecule is CC1CN(C(=O)c2cc3c(=O)n4ccccc4nc3n2Cc2ccccc2)CC(C)O1. The highest BCUT2D eigenvalue weighted by Gasteiger charge is 2.29. The first kappa shape index (κ1) is 19.5. The van der Waals surface area contributed by atoms with Crippen molar-refractivity contribution in [2.24, 2.45) is 0 Å². The molecular formula is C24H24N4O3. The van der Waals surface area contributed by atoms with E-state index in [1.807, 2.05) is 59.7 Å². The van der Waals surface area contributed by atoms with E-state index >= 15 is 0 Å². The number of morpholine rings is 1. The summed E-state index contributed by atoms with van der Waals surface area (Å²) in [6.07, 6.45) is 1.63. The van der Waals surface area contributed by atoms with E-state index in [1.54, 1.807) is 24.4 Å². The molecule has 1 aliphatic heterocycles. The summed E-state index contributed by atoms with van der Waals surface area (Å²) in [7, 11) is 0. The fourth-order valence-electron chi connectivity index (χ4n) is 4.36. The zero-order chi connectivity index (χ0) is 21.5. The topological polar surface area (TPSA) is 68.8 Å². The van der Waals surface area contributed by atoms with E-state index in [9.17, 15) is 9.59 Å². The number of nitrogens with zero attached hydrogens (tertiary/aromatic N) is 4. The van der Waals surface area contributed by atoms with E-state index in [-0.39, 0.29) is 23.7 Å². The van der Waals surface area contributed by atoms with Crippen LogP contribution in [0.3, 0.4) is 0 Å². The van der Waals surface area contributed by atoms with Crippen molar-refractivity contribution in [1.29, 1.82) is 0 Å². The third-order valence-electron chi connectivity index (χ3n) is 5.69. The summed E-state index contributed by atoms with van der Waals surface area (Å²) in [5, 5.41) is 0.442. The molecule has 5 rings (SSSR count). The van der Waals surface area contributed by atoms with E-state index in [4.69, 9.17) is 9.72 Å². The lowest BCUT2D eigenvalue weighted by molar-refractivity contribution is -0.0588. The van der Waals surface area contributed by atoms with Gasteiger partial charge in [-0.25, -0.2) is 4.98 Å². The molecule has 0 spiro atoms. The van der Waals surface area contributed by atoms with Crippen LogP contribution in [0.25, 0.3) is 16.7 Å². The van der Waals surface area contributed by atoms with Crippen molar-refractivity contribution in [2.75, 3.05) is 13.1 Å². The molecule has 1 amide bonds. The standard InChI is InChI=1S/C24H24N4O3/c1-16-13-26(14-17(2)31-16)24(30)20-12-19-22(28(20)15-18-8-4-3-5-9-18)25-21-10-6-7-11-27(21)23(19)29/h3-12,16-17H,13-15H2,1-2H3. The lowest BCUT2D eigenvalue weighted by Gasteiger charge is -2.35. The average Bonchev–Trinajstić information content (AvgIpc) is 3.12. The summed E-state index contributed by atoms with van der Waals surface area (Å²) < 4.78 is 9.18. The van der Waals surface area contributed by atoms with Crippen LogP contribution in [0, 0.1) is 0 Å². The second-order valence-corrected chi connectivity index (χ2v) is 8.15. The lowest BCUT2D eigenvalue weighted by atomic mass is 10.2. The van der Waals surface area contributed by atoms with Gasteiger partial charge in [-0.05, 0) is 37.6 Å². The fraction of sp³-hybridized carbons (Fsp3) is 0.292. The minimum Gasteiger partial charge on any atom is -0.372 e. The van der Waals surface area contributed by atoms with Gasteiger partial charge < -0.3 is 14.2 Å². The average molecular weight is 416 g/mol. The maximum Gasteiger partial charge on any atom is 0.270 e. The number of benzene rings is 1. The van der Waals surface area contributed by atoms with E-state index in [0.717, 1.165) is 5.56 Å². The van der Waals surface area contributed by atoms with Gasteiger partial charge in [0.15, 0.2) is 0 Å². The van der Waals surface area contributed by atoms with Crippen molar-refractivity contribution in [3.05, 3.63) is 82.4 Å². The van der Waals surface area contributed by atoms with Crippen LogP contribution in [-0.2, 0) is 11.3 Å². The lowest BCUT2D eigenvalue weighted by Crippen LogP contribution is -2.48. The summed E-state index contributed by atoms with van der Waals surface area (Å²) in [4.78, 5) is 33.3. The Hall–Kier alpha value is -3.45. The second-order valence-electron chi connectivity index (χ2n) is 8.15. The molecule has 0 aliphatic carbocycles. The number of aromatic nitrogens is 3. The van der Waals surface area contributed by atoms with Crippen LogP contribution in [0.5, 0.6) is 0 Å². The number of pyridine rings is 1. The molecule has 4 aromatic rings. The van der Waals surface area contributed by atoms with Crippen molar-refractivity contribution in [3.63, 3.8) is 0 Å². The van der Waals surface area contributed by atoms with Crippen molar-refractivity contribution in [2.45, 2.75) is 32.6 Å². The van der Waals surface area contributed by atoms with Gasteiger partial charge in [0, 0.05) is 25.8 Å². The first-order valence-corrected chi connectivity index (χ1v) is 10.5. The Labute approximate surface area is 179 Å². The van der Waals surface area contributed by atoms with Crippen LogP contribution in [-0.4, -0.2) is 50.1 Å². The van der Waals surface area contributed by atoms with Gasteiger partial charge in [0.1, 0.15) is 17.0 Å². The Kier molecular flexibility index (Phi) is 4.82. The molecular weight excluding hydrogens is 392 g/mol. The van der Waals surface area contributed by atoms with Crippen LogP contribution in [0.2, 0.25) is 0 Å². The van der Waals surface area contributed by atoms with Crippen LogP contribution >= 0.6 is 0 Å². The third kappa shape index (κ3) is 3.51. The van der Waals surface area contributed by atoms with E-state index in [2.05, 4.69) is 0 Å². The Morgan fingerprint density at radius 3 is 2.52 bits per heavy atom. The highest BCUT2D eigenvalue weighted by Crippen LogP contribution is 2.22. The fourth-order valence-corrected chi connectivity index (χ4v) is 4.36. The Morgan fingerprint density at radius 1 is 1.06 bits per heavy atom. The molecule has 1 aromatic carbocycles. The first-order chi connectivity index (χ1) is 15.0. The number of fused-ring (bicyclic) bond motifs is 2. The molecule has 4 heterocycles. The number of hydrogen-bond donors (Lipinski definition) is 0. The van der Waals surface area contributed by atoms with Crippen molar-refractivity contribution in [1.82, 2.24) is 18.9 Å². The zero-order valence-electron chi connectivity index (χ0n) is 17.6. The van der Waals surface area contributed by atoms with Gasteiger partial charge in [0.05, 0.1) is 17.6 Å². The quantitative estimate of drug-likeness (QED) is 0.515. The largest absolute Gasteiger partial charge is 0.372 e. The minimum atomic E-state index is -0.176. The summed E-state index contributed by atoms with van der Waals surface area (Å²) in [6, 6.07) is 17.0. The van der Waals surface area contributed by atoms with Gasteiger partial charge in [-0.3, -0.25) is 14.0 Å². The molecule has 2 atom stereocenters. The van der Waals surface area contributed by atoms with Gasteiger partial charge in [0.2, 0.25) is 0 Å². The van der Waals surface area contributed by atoms with Crippen molar-refractivity contribution < 1.29 is 9.53 Å². The van der Waals surface area contributed by atoms with Gasteiger partial charge in [-0.2, -0.15) is 0 Å². The van der Waals surface area contributed by atoms with Crippen molar-refractivity contribution >= 4 is 22.6 Å². The summed E-state index contributed by atoms with van der Waals surface area (Å²) in [5.41, 5.74) is 2.41. The van der Waals surface area contributed by atoms with Gasteiger partial charge in [-0.15, -0.1) is 0 Å². The second kappa shape index (κ2) is 7.67. The molecule has 31 heavy (non-hydrogen) atoms. The van der Waals surface area contributed by atoms with Gasteiger partial charge >= 0.3 is 0 Å². The van der Waals surface area contributed by atoms with Crippen LogP contribution in [0.15, 0.2) is 65.6 Å². The smallest absolute Gasteiger partial charge is 0.270 e. The number of ether oxygens (including phenoxy) is 1. The van der Waals surface area contributed by atoms with Crippen LogP contribution < -0.4 is 5.56 Å². The molecule has 0 bridgehead atoms. The predicted molar refractivity (Wildman–Crippen MR) is 118 cm³/mol. The highest BCUT2D eigenvalue weighted by atomic mass is 16.5. The molecule has 1 fully saturated rings. The Balaban J connectivity index is 1.69. The Morgan fingerprint density at radius 2 is 1.77 bits per heavy atom. The number of amides is 1.